The summed E-state index contributed by atoms with van der Waals surface area (Å²) in [6, 6.07) is 9.67. The van der Waals surface area contributed by atoms with Crippen LogP contribution in [0.3, 0.4) is 0 Å². The van der Waals surface area contributed by atoms with Crippen molar-refractivity contribution in [3.05, 3.63) is 59.9 Å². The third kappa shape index (κ3) is 4.52. The number of rotatable bonds is 7. The van der Waals surface area contributed by atoms with E-state index in [4.69, 9.17) is 5.11 Å². The van der Waals surface area contributed by atoms with Crippen molar-refractivity contribution in [2.45, 2.75) is 13.0 Å². The van der Waals surface area contributed by atoms with Gasteiger partial charge in [-0.2, -0.15) is 4.98 Å². The van der Waals surface area contributed by atoms with Crippen molar-refractivity contribution >= 4 is 17.3 Å². The van der Waals surface area contributed by atoms with Crippen LogP contribution in [0, 0.1) is 18.6 Å². The number of halogens is 2. The zero-order chi connectivity index (χ0) is 20.4. The van der Waals surface area contributed by atoms with Crippen molar-refractivity contribution in [1.82, 2.24) is 20.1 Å². The number of aliphatic hydroxyl groups is 1. The van der Waals surface area contributed by atoms with E-state index in [1.165, 1.54) is 23.1 Å². The molecule has 0 saturated carbocycles. The van der Waals surface area contributed by atoms with Crippen LogP contribution in [0.15, 0.2) is 42.7 Å². The summed E-state index contributed by atoms with van der Waals surface area (Å²) in [5, 5.41) is 19.6. The first kappa shape index (κ1) is 19.3. The average molecular weight is 400 g/mol. The summed E-state index contributed by atoms with van der Waals surface area (Å²) in [4.78, 5) is 6.42. The summed E-state index contributed by atoms with van der Waals surface area (Å²) in [5.74, 6) is -1.01. The Kier molecular flexibility index (Phi) is 5.41. The number of nitrogens with one attached hydrogen (secondary N) is 2. The maximum atomic E-state index is 13.4. The molecule has 0 aliphatic carbocycles. The number of benzene rings is 2. The fourth-order valence-electron chi connectivity index (χ4n) is 3.35. The molecule has 7 nitrogen and oxygen atoms in total. The fourth-order valence-corrected chi connectivity index (χ4v) is 3.35. The van der Waals surface area contributed by atoms with Gasteiger partial charge in [0.05, 0.1) is 12.3 Å². The molecule has 0 amide bonds. The molecule has 0 unspecified atom stereocenters. The summed E-state index contributed by atoms with van der Waals surface area (Å²) in [6.07, 6.45) is 1.40. The van der Waals surface area contributed by atoms with Crippen molar-refractivity contribution in [2.75, 3.05) is 36.5 Å². The predicted octanol–water partition coefficient (Wildman–Crippen LogP) is 2.37. The molecule has 1 aromatic heterocycles. The Morgan fingerprint density at radius 3 is 2.55 bits per heavy atom. The van der Waals surface area contributed by atoms with Crippen LogP contribution in [0.2, 0.25) is 0 Å². The topological polar surface area (TPSA) is 78.2 Å². The van der Waals surface area contributed by atoms with E-state index in [1.54, 1.807) is 0 Å². The lowest BCUT2D eigenvalue weighted by Crippen LogP contribution is -2.58. The van der Waals surface area contributed by atoms with E-state index in [9.17, 15) is 8.78 Å². The highest BCUT2D eigenvalue weighted by Crippen LogP contribution is 2.27. The van der Waals surface area contributed by atoms with Crippen molar-refractivity contribution in [1.29, 1.82) is 0 Å². The summed E-state index contributed by atoms with van der Waals surface area (Å²) in [7, 11) is 0. The summed E-state index contributed by atoms with van der Waals surface area (Å²) >= 11 is 0. The van der Waals surface area contributed by atoms with Crippen LogP contribution in [0.4, 0.5) is 26.1 Å². The Balaban J connectivity index is 1.46. The second-order valence-corrected chi connectivity index (χ2v) is 7.10. The molecule has 9 heteroatoms. The third-order valence-electron chi connectivity index (χ3n) is 4.71. The highest BCUT2D eigenvalue weighted by atomic mass is 19.1. The SMILES string of the molecule is Cc1cc(Nc2ncn(-c3cc(F)cc(F)c3)n2)cc(N2CC(NCCO)C2)c1. The predicted molar refractivity (Wildman–Crippen MR) is 107 cm³/mol. The van der Waals surface area contributed by atoms with Crippen LogP contribution in [0.25, 0.3) is 5.69 Å². The smallest absolute Gasteiger partial charge is 0.246 e. The Morgan fingerprint density at radius 2 is 1.83 bits per heavy atom. The van der Waals surface area contributed by atoms with Gasteiger partial charge in [-0.1, -0.05) is 0 Å². The Labute approximate surface area is 167 Å². The first-order valence-corrected chi connectivity index (χ1v) is 9.36. The summed E-state index contributed by atoms with van der Waals surface area (Å²) in [6.45, 7) is 4.50. The molecule has 4 rings (SSSR count). The summed E-state index contributed by atoms with van der Waals surface area (Å²) < 4.78 is 28.2. The average Bonchev–Trinajstić information content (AvgIpc) is 3.08. The molecule has 2 heterocycles. The Hall–Kier alpha value is -3.04. The van der Waals surface area contributed by atoms with E-state index in [-0.39, 0.29) is 12.3 Å². The number of aromatic nitrogens is 3. The van der Waals surface area contributed by atoms with Gasteiger partial charge in [0.1, 0.15) is 18.0 Å². The minimum atomic E-state index is -0.672. The molecule has 0 atom stereocenters. The van der Waals surface area contributed by atoms with Gasteiger partial charge in [0, 0.05) is 43.1 Å². The molecule has 3 N–H and O–H groups in total. The van der Waals surface area contributed by atoms with Gasteiger partial charge in [0.15, 0.2) is 0 Å². The van der Waals surface area contributed by atoms with Crippen molar-refractivity contribution in [2.24, 2.45) is 0 Å². The monoisotopic (exact) mass is 400 g/mol. The Bertz CT molecular complexity index is 982. The molecule has 1 aliphatic rings. The maximum absolute atomic E-state index is 13.4. The Morgan fingerprint density at radius 1 is 1.07 bits per heavy atom. The minimum absolute atomic E-state index is 0.136. The molecule has 152 valence electrons. The minimum Gasteiger partial charge on any atom is -0.395 e. The van der Waals surface area contributed by atoms with Gasteiger partial charge < -0.3 is 20.6 Å². The molecular formula is C20H22F2N6O. The van der Waals surface area contributed by atoms with Gasteiger partial charge in [0.2, 0.25) is 5.95 Å². The van der Waals surface area contributed by atoms with Gasteiger partial charge in [-0.25, -0.2) is 13.5 Å². The third-order valence-corrected chi connectivity index (χ3v) is 4.71. The molecule has 0 spiro atoms. The van der Waals surface area contributed by atoms with E-state index in [0.29, 0.717) is 18.5 Å². The van der Waals surface area contributed by atoms with E-state index < -0.39 is 11.6 Å². The molecule has 1 fully saturated rings. The van der Waals surface area contributed by atoms with E-state index in [0.717, 1.165) is 36.1 Å². The maximum Gasteiger partial charge on any atom is 0.246 e. The summed E-state index contributed by atoms with van der Waals surface area (Å²) in [5.41, 5.74) is 3.26. The number of hydrogen-bond donors (Lipinski definition) is 3. The van der Waals surface area contributed by atoms with E-state index >= 15 is 0 Å². The van der Waals surface area contributed by atoms with Gasteiger partial charge in [-0.3, -0.25) is 0 Å². The highest BCUT2D eigenvalue weighted by Gasteiger charge is 2.26. The number of aryl methyl sites for hydroxylation is 1. The molecule has 0 bridgehead atoms. The lowest BCUT2D eigenvalue weighted by molar-refractivity contribution is 0.276. The van der Waals surface area contributed by atoms with Crippen LogP contribution in [-0.2, 0) is 0 Å². The molecule has 1 aliphatic heterocycles. The van der Waals surface area contributed by atoms with Crippen LogP contribution >= 0.6 is 0 Å². The number of anilines is 3. The lowest BCUT2D eigenvalue weighted by Gasteiger charge is -2.41. The van der Waals surface area contributed by atoms with E-state index in [1.807, 2.05) is 19.1 Å². The van der Waals surface area contributed by atoms with E-state index in [2.05, 4.69) is 31.7 Å². The second kappa shape index (κ2) is 8.14. The molecule has 1 saturated heterocycles. The van der Waals surface area contributed by atoms with Crippen LogP contribution in [0.1, 0.15) is 5.56 Å². The lowest BCUT2D eigenvalue weighted by atomic mass is 10.1. The largest absolute Gasteiger partial charge is 0.395 e. The van der Waals surface area contributed by atoms with Crippen molar-refractivity contribution in [3.63, 3.8) is 0 Å². The first-order chi connectivity index (χ1) is 14.0. The fraction of sp³-hybridized carbons (Fsp3) is 0.300. The van der Waals surface area contributed by atoms with Crippen LogP contribution < -0.4 is 15.5 Å². The van der Waals surface area contributed by atoms with Gasteiger partial charge in [-0.05, 0) is 42.8 Å². The molecule has 3 aromatic rings. The molecule has 29 heavy (non-hydrogen) atoms. The number of hydrogen-bond acceptors (Lipinski definition) is 6. The molecular weight excluding hydrogens is 378 g/mol. The van der Waals surface area contributed by atoms with Crippen molar-refractivity contribution < 1.29 is 13.9 Å². The zero-order valence-electron chi connectivity index (χ0n) is 15.9. The first-order valence-electron chi connectivity index (χ1n) is 9.36. The number of aliphatic hydroxyl groups excluding tert-OH is 1. The number of nitrogens with zero attached hydrogens (tertiary/aromatic N) is 4. The van der Waals surface area contributed by atoms with Gasteiger partial charge in [-0.15, -0.1) is 5.10 Å². The quantitative estimate of drug-likeness (QED) is 0.565. The normalized spacial score (nSPS) is 14.1. The van der Waals surface area contributed by atoms with Gasteiger partial charge >= 0.3 is 0 Å². The van der Waals surface area contributed by atoms with Crippen LogP contribution in [0.5, 0.6) is 0 Å². The zero-order valence-corrected chi connectivity index (χ0v) is 15.9. The van der Waals surface area contributed by atoms with Crippen molar-refractivity contribution in [3.8, 4) is 5.69 Å². The molecule has 0 radical (unpaired) electrons. The molecule has 2 aromatic carbocycles. The van der Waals surface area contributed by atoms with Gasteiger partial charge in [0.25, 0.3) is 0 Å². The second-order valence-electron chi connectivity index (χ2n) is 7.10. The highest BCUT2D eigenvalue weighted by molar-refractivity contribution is 5.64. The standard InChI is InChI=1S/C20H22F2N6O/c1-13-4-16(9-18(5-13)27-10-17(11-27)23-2-3-29)25-20-24-12-28(26-20)19-7-14(21)6-15(22)8-19/h4-9,12,17,23,29H,2-3,10-11H2,1H3,(H,25,26). The van der Waals surface area contributed by atoms with Crippen LogP contribution in [-0.4, -0.2) is 52.2 Å².